The van der Waals surface area contributed by atoms with Gasteiger partial charge in [0.05, 0.1) is 0 Å². The lowest BCUT2D eigenvalue weighted by Gasteiger charge is -2.35. The van der Waals surface area contributed by atoms with Crippen LogP contribution >= 0.6 is 0 Å². The van der Waals surface area contributed by atoms with Gasteiger partial charge in [-0.2, -0.15) is 0 Å². The van der Waals surface area contributed by atoms with E-state index >= 15 is 0 Å². The Bertz CT molecular complexity index is 585. The van der Waals surface area contributed by atoms with Crippen molar-refractivity contribution in [2.75, 3.05) is 32.8 Å². The highest BCUT2D eigenvalue weighted by Crippen LogP contribution is 2.16. The van der Waals surface area contributed by atoms with Gasteiger partial charge in [0.15, 0.2) is 0 Å². The molecule has 120 valence electrons. The van der Waals surface area contributed by atoms with E-state index in [9.17, 15) is 9.59 Å². The third-order valence-electron chi connectivity index (χ3n) is 4.46. The molecule has 6 nitrogen and oxygen atoms in total. The van der Waals surface area contributed by atoms with E-state index in [1.807, 2.05) is 11.0 Å². The van der Waals surface area contributed by atoms with E-state index in [-0.39, 0.29) is 17.6 Å². The Morgan fingerprint density at radius 3 is 2.73 bits per heavy atom. The van der Waals surface area contributed by atoms with Gasteiger partial charge in [0.25, 0.3) is 11.5 Å². The molecule has 0 saturated carbocycles. The lowest BCUT2D eigenvalue weighted by molar-refractivity contribution is -0.142. The quantitative estimate of drug-likeness (QED) is 0.801. The summed E-state index contributed by atoms with van der Waals surface area (Å²) in [6, 6.07) is 3.66. The van der Waals surface area contributed by atoms with Crippen LogP contribution in [0, 0.1) is 0 Å². The van der Waals surface area contributed by atoms with Crippen molar-refractivity contribution in [3.63, 3.8) is 0 Å². The van der Waals surface area contributed by atoms with E-state index in [0.29, 0.717) is 6.61 Å². The number of nitrogens with zero attached hydrogens (tertiary/aromatic N) is 3. The number of piperazine rings is 1. The average molecular weight is 305 g/mol. The maximum Gasteiger partial charge on any atom is 0.251 e. The van der Waals surface area contributed by atoms with Crippen molar-refractivity contribution in [3.05, 3.63) is 34.2 Å². The molecule has 1 amide bonds. The van der Waals surface area contributed by atoms with Crippen molar-refractivity contribution < 1.29 is 9.53 Å². The number of pyridine rings is 1. The SMILES string of the molecule is Cn1ccc(CN2CCN(C(=O)[C@H]3CCCO3)CC2)cc1=O. The van der Waals surface area contributed by atoms with Crippen LogP contribution in [-0.2, 0) is 23.1 Å². The zero-order valence-electron chi connectivity index (χ0n) is 13.0. The average Bonchev–Trinajstić information content (AvgIpc) is 3.05. The number of hydrogen-bond acceptors (Lipinski definition) is 4. The molecule has 3 heterocycles. The first kappa shape index (κ1) is 15.2. The fourth-order valence-corrected chi connectivity index (χ4v) is 3.05. The number of carbonyl (C=O) groups excluding carboxylic acids is 1. The predicted octanol–water partition coefficient (Wildman–Crippen LogP) is 0.209. The van der Waals surface area contributed by atoms with Crippen LogP contribution in [0.3, 0.4) is 0 Å². The van der Waals surface area contributed by atoms with Crippen LogP contribution < -0.4 is 5.56 Å². The van der Waals surface area contributed by atoms with Gasteiger partial charge in [-0.25, -0.2) is 0 Å². The van der Waals surface area contributed by atoms with E-state index in [1.54, 1.807) is 23.9 Å². The van der Waals surface area contributed by atoms with Crippen LogP contribution in [0.2, 0.25) is 0 Å². The van der Waals surface area contributed by atoms with Gasteiger partial charge in [0, 0.05) is 58.6 Å². The molecular formula is C16H23N3O3. The van der Waals surface area contributed by atoms with Gasteiger partial charge < -0.3 is 14.2 Å². The molecule has 2 aliphatic heterocycles. The number of amides is 1. The first-order valence-corrected chi connectivity index (χ1v) is 7.92. The smallest absolute Gasteiger partial charge is 0.251 e. The van der Waals surface area contributed by atoms with Crippen LogP contribution in [0.1, 0.15) is 18.4 Å². The van der Waals surface area contributed by atoms with Crippen LogP contribution in [0.4, 0.5) is 0 Å². The fourth-order valence-electron chi connectivity index (χ4n) is 3.05. The molecule has 22 heavy (non-hydrogen) atoms. The van der Waals surface area contributed by atoms with Gasteiger partial charge >= 0.3 is 0 Å². The highest BCUT2D eigenvalue weighted by atomic mass is 16.5. The summed E-state index contributed by atoms with van der Waals surface area (Å²) in [6.45, 7) is 4.63. The molecule has 2 aliphatic rings. The predicted molar refractivity (Wildman–Crippen MR) is 82.5 cm³/mol. The minimum absolute atomic E-state index is 0.0182. The molecule has 6 heteroatoms. The molecule has 3 rings (SSSR count). The molecule has 1 aromatic rings. The topological polar surface area (TPSA) is 54.8 Å². The summed E-state index contributed by atoms with van der Waals surface area (Å²) in [4.78, 5) is 28.1. The van der Waals surface area contributed by atoms with E-state index < -0.39 is 0 Å². The Kier molecular flexibility index (Phi) is 4.59. The number of aromatic nitrogens is 1. The molecule has 0 N–H and O–H groups in total. The first-order valence-electron chi connectivity index (χ1n) is 7.92. The summed E-state index contributed by atoms with van der Waals surface area (Å²) in [5.41, 5.74) is 1.05. The van der Waals surface area contributed by atoms with E-state index in [0.717, 1.165) is 51.1 Å². The second-order valence-electron chi connectivity index (χ2n) is 6.09. The van der Waals surface area contributed by atoms with Gasteiger partial charge in [-0.05, 0) is 24.5 Å². The Morgan fingerprint density at radius 2 is 2.09 bits per heavy atom. The third-order valence-corrected chi connectivity index (χ3v) is 4.46. The van der Waals surface area contributed by atoms with Gasteiger partial charge in [0.2, 0.25) is 0 Å². The molecule has 1 atom stereocenters. The standard InChI is InChI=1S/C16H23N3O3/c1-17-5-4-13(11-15(17)20)12-18-6-8-19(9-7-18)16(21)14-3-2-10-22-14/h4-5,11,14H,2-3,6-10,12H2,1H3/t14-/m1/s1. The molecule has 0 aliphatic carbocycles. The zero-order valence-corrected chi connectivity index (χ0v) is 13.0. The molecule has 0 bridgehead atoms. The zero-order chi connectivity index (χ0) is 15.5. The molecule has 1 aromatic heterocycles. The van der Waals surface area contributed by atoms with Crippen LogP contribution in [0.15, 0.2) is 23.1 Å². The molecule has 0 spiro atoms. The highest BCUT2D eigenvalue weighted by molar-refractivity contribution is 5.81. The van der Waals surface area contributed by atoms with Crippen molar-refractivity contribution in [2.45, 2.75) is 25.5 Å². The van der Waals surface area contributed by atoms with Gasteiger partial charge in [0.1, 0.15) is 6.10 Å². The lowest BCUT2D eigenvalue weighted by atomic mass is 10.2. The number of carbonyl (C=O) groups is 1. The molecule has 2 saturated heterocycles. The van der Waals surface area contributed by atoms with Crippen molar-refractivity contribution >= 4 is 5.91 Å². The van der Waals surface area contributed by atoms with Crippen molar-refractivity contribution in [1.82, 2.24) is 14.4 Å². The Labute approximate surface area is 130 Å². The third kappa shape index (κ3) is 3.39. The number of hydrogen-bond donors (Lipinski definition) is 0. The molecular weight excluding hydrogens is 282 g/mol. The first-order chi connectivity index (χ1) is 10.6. The second kappa shape index (κ2) is 6.62. The van der Waals surface area contributed by atoms with Gasteiger partial charge in [-0.1, -0.05) is 0 Å². The van der Waals surface area contributed by atoms with E-state index in [2.05, 4.69) is 4.90 Å². The van der Waals surface area contributed by atoms with E-state index in [4.69, 9.17) is 4.74 Å². The van der Waals surface area contributed by atoms with E-state index in [1.165, 1.54) is 0 Å². The molecule has 0 radical (unpaired) electrons. The summed E-state index contributed by atoms with van der Waals surface area (Å²) in [7, 11) is 1.75. The highest BCUT2D eigenvalue weighted by Gasteiger charge is 2.30. The summed E-state index contributed by atoms with van der Waals surface area (Å²) in [5, 5.41) is 0. The monoisotopic (exact) mass is 305 g/mol. The van der Waals surface area contributed by atoms with Crippen molar-refractivity contribution in [2.24, 2.45) is 7.05 Å². The summed E-state index contributed by atoms with van der Waals surface area (Å²) in [5.74, 6) is 0.144. The minimum Gasteiger partial charge on any atom is -0.368 e. The normalized spacial score (nSPS) is 23.0. The lowest BCUT2D eigenvalue weighted by Crippen LogP contribution is -2.51. The van der Waals surface area contributed by atoms with Crippen LogP contribution in [-0.4, -0.2) is 59.2 Å². The Morgan fingerprint density at radius 1 is 1.32 bits per heavy atom. The summed E-state index contributed by atoms with van der Waals surface area (Å²) in [6.07, 6.45) is 3.42. The van der Waals surface area contributed by atoms with Crippen LogP contribution in [0.25, 0.3) is 0 Å². The van der Waals surface area contributed by atoms with Crippen LogP contribution in [0.5, 0.6) is 0 Å². The maximum absolute atomic E-state index is 12.3. The molecule has 0 unspecified atom stereocenters. The molecule has 2 fully saturated rings. The molecule has 0 aromatic carbocycles. The van der Waals surface area contributed by atoms with Gasteiger partial charge in [-0.3, -0.25) is 14.5 Å². The second-order valence-corrected chi connectivity index (χ2v) is 6.09. The number of ether oxygens (including phenoxy) is 1. The number of aryl methyl sites for hydroxylation is 1. The largest absolute Gasteiger partial charge is 0.368 e. The van der Waals surface area contributed by atoms with Crippen molar-refractivity contribution in [1.29, 1.82) is 0 Å². The summed E-state index contributed by atoms with van der Waals surface area (Å²) < 4.78 is 7.04. The Balaban J connectivity index is 1.52. The number of rotatable bonds is 3. The summed E-state index contributed by atoms with van der Waals surface area (Å²) >= 11 is 0. The Hall–Kier alpha value is -1.66. The van der Waals surface area contributed by atoms with Crippen molar-refractivity contribution in [3.8, 4) is 0 Å². The maximum atomic E-state index is 12.3. The minimum atomic E-state index is -0.219. The fraction of sp³-hybridized carbons (Fsp3) is 0.625. The van der Waals surface area contributed by atoms with Gasteiger partial charge in [-0.15, -0.1) is 0 Å².